The summed E-state index contributed by atoms with van der Waals surface area (Å²) in [5.74, 6) is -0.170. The Morgan fingerprint density at radius 1 is 0.936 bits per heavy atom. The van der Waals surface area contributed by atoms with Gasteiger partial charge in [-0.2, -0.15) is 0 Å². The molecule has 47 heavy (non-hydrogen) atoms. The van der Waals surface area contributed by atoms with E-state index in [9.17, 15) is 18.8 Å². The highest BCUT2D eigenvalue weighted by atomic mass is 19.1. The van der Waals surface area contributed by atoms with Crippen LogP contribution in [0.25, 0.3) is 0 Å². The van der Waals surface area contributed by atoms with E-state index in [4.69, 9.17) is 18.9 Å². The van der Waals surface area contributed by atoms with Crippen molar-refractivity contribution in [3.63, 3.8) is 0 Å². The molecule has 2 atom stereocenters. The van der Waals surface area contributed by atoms with Crippen molar-refractivity contribution in [2.45, 2.75) is 38.0 Å². The molecule has 2 saturated heterocycles. The highest BCUT2D eigenvalue weighted by Crippen LogP contribution is 2.29. The predicted octanol–water partition coefficient (Wildman–Crippen LogP) is 3.09. The number of likely N-dealkylation sites (tertiary alicyclic amines) is 1. The highest BCUT2D eigenvalue weighted by molar-refractivity contribution is 5.94. The van der Waals surface area contributed by atoms with E-state index >= 15 is 0 Å². The Morgan fingerprint density at radius 3 is 2.53 bits per heavy atom. The van der Waals surface area contributed by atoms with Crippen LogP contribution in [-0.4, -0.2) is 87.9 Å². The van der Waals surface area contributed by atoms with Gasteiger partial charge >= 0.3 is 0 Å². The maximum atomic E-state index is 14.7. The average molecular weight is 647 g/mol. The smallest absolute Gasteiger partial charge is 0.258 e. The summed E-state index contributed by atoms with van der Waals surface area (Å²) in [6.45, 7) is 3.30. The zero-order chi connectivity index (χ0) is 32.8. The summed E-state index contributed by atoms with van der Waals surface area (Å²) in [7, 11) is 1.51. The first-order valence-corrected chi connectivity index (χ1v) is 15.9. The molecular weight excluding hydrogens is 607 g/mol. The lowest BCUT2D eigenvalue weighted by Gasteiger charge is -2.39. The third kappa shape index (κ3) is 8.12. The Bertz CT molecular complexity index is 1600. The maximum Gasteiger partial charge on any atom is 0.258 e. The normalized spacial score (nSPS) is 20.7. The standard InChI is InChI=1S/C35H39FN4O7/c1-44-31-8-2-23-3-9-33(41)37-20-24-16-26(36)19-28(17-24)47-30-10-11-40(21-29(30)38-34(42)22-46-32(31)18-23)35(43)25-4-6-27(7-5-25)39-12-14-45-15-13-39/h2,4-8,16-19,29-30H,3,9-15,20-22H2,1H3,(H,37,41)(H,38,42)/t29-,30-/m1/s1. The zero-order valence-corrected chi connectivity index (χ0v) is 26.3. The molecule has 0 unspecified atom stereocenters. The fourth-order valence-electron chi connectivity index (χ4n) is 6.11. The molecule has 0 aromatic heterocycles. The van der Waals surface area contributed by atoms with Gasteiger partial charge in [0.15, 0.2) is 18.1 Å². The summed E-state index contributed by atoms with van der Waals surface area (Å²) < 4.78 is 37.7. The molecule has 0 saturated carbocycles. The van der Waals surface area contributed by atoms with E-state index in [1.807, 2.05) is 30.3 Å². The minimum absolute atomic E-state index is 0.126. The van der Waals surface area contributed by atoms with E-state index < -0.39 is 23.9 Å². The van der Waals surface area contributed by atoms with E-state index in [2.05, 4.69) is 15.5 Å². The predicted molar refractivity (Wildman–Crippen MR) is 171 cm³/mol. The van der Waals surface area contributed by atoms with Crippen molar-refractivity contribution < 1.29 is 37.7 Å². The molecule has 3 heterocycles. The number of methoxy groups -OCH3 is 1. The van der Waals surface area contributed by atoms with Crippen molar-refractivity contribution in [2.75, 3.05) is 58.0 Å². The number of aryl methyl sites for hydroxylation is 1. The molecule has 3 amide bonds. The summed E-state index contributed by atoms with van der Waals surface area (Å²) in [6, 6.07) is 16.5. The molecule has 6 rings (SSSR count). The van der Waals surface area contributed by atoms with E-state index in [1.54, 1.807) is 23.1 Å². The summed E-state index contributed by atoms with van der Waals surface area (Å²) >= 11 is 0. The number of anilines is 1. The fourth-order valence-corrected chi connectivity index (χ4v) is 6.11. The molecule has 2 fully saturated rings. The number of nitrogens with zero attached hydrogens (tertiary/aromatic N) is 2. The largest absolute Gasteiger partial charge is 0.493 e. The molecule has 3 aliphatic rings. The molecular formula is C35H39FN4O7. The second-order valence-electron chi connectivity index (χ2n) is 11.9. The van der Waals surface area contributed by atoms with Gasteiger partial charge < -0.3 is 39.4 Å². The first-order valence-electron chi connectivity index (χ1n) is 15.9. The van der Waals surface area contributed by atoms with Crippen molar-refractivity contribution in [3.8, 4) is 17.2 Å². The molecule has 3 aromatic carbocycles. The van der Waals surface area contributed by atoms with E-state index in [0.29, 0.717) is 55.2 Å². The van der Waals surface area contributed by atoms with Crippen molar-refractivity contribution in [1.82, 2.24) is 15.5 Å². The Morgan fingerprint density at radius 2 is 1.74 bits per heavy atom. The minimum Gasteiger partial charge on any atom is -0.493 e. The molecule has 0 spiro atoms. The number of hydrogen-bond acceptors (Lipinski definition) is 8. The molecule has 3 aliphatic heterocycles. The van der Waals surface area contributed by atoms with Crippen LogP contribution in [0.5, 0.6) is 17.2 Å². The quantitative estimate of drug-likeness (QED) is 0.446. The Balaban J connectivity index is 1.22. The van der Waals surface area contributed by atoms with Crippen LogP contribution < -0.4 is 29.7 Å². The van der Waals surface area contributed by atoms with Gasteiger partial charge in [0.25, 0.3) is 11.8 Å². The van der Waals surface area contributed by atoms with Crippen LogP contribution in [0.4, 0.5) is 10.1 Å². The third-order valence-corrected chi connectivity index (χ3v) is 8.61. The highest BCUT2D eigenvalue weighted by Gasteiger charge is 2.35. The van der Waals surface area contributed by atoms with Gasteiger partial charge in [0.05, 0.1) is 26.4 Å². The first kappa shape index (κ1) is 32.1. The summed E-state index contributed by atoms with van der Waals surface area (Å²) in [6.07, 6.45) is 0.469. The van der Waals surface area contributed by atoms with Crippen LogP contribution in [-0.2, 0) is 27.3 Å². The zero-order valence-electron chi connectivity index (χ0n) is 26.3. The van der Waals surface area contributed by atoms with Crippen LogP contribution in [0.3, 0.4) is 0 Å². The van der Waals surface area contributed by atoms with Crippen LogP contribution in [0, 0.1) is 5.82 Å². The Labute approximate surface area is 272 Å². The third-order valence-electron chi connectivity index (χ3n) is 8.61. The van der Waals surface area contributed by atoms with Crippen molar-refractivity contribution in [1.29, 1.82) is 0 Å². The second kappa shape index (κ2) is 14.7. The number of ether oxygens (including phenoxy) is 4. The lowest BCUT2D eigenvalue weighted by Crippen LogP contribution is -2.58. The molecule has 2 N–H and O–H groups in total. The number of morpholine rings is 1. The molecule has 0 aliphatic carbocycles. The topological polar surface area (TPSA) is 119 Å². The lowest BCUT2D eigenvalue weighted by molar-refractivity contribution is -0.125. The fraction of sp³-hybridized carbons (Fsp3) is 0.400. The number of carbonyl (C=O) groups excluding carboxylic acids is 3. The summed E-state index contributed by atoms with van der Waals surface area (Å²) in [5, 5.41) is 5.84. The van der Waals surface area contributed by atoms with E-state index in [1.165, 1.54) is 19.2 Å². The number of fused-ring (bicyclic) bond motifs is 5. The number of carbonyl (C=O) groups is 3. The van der Waals surface area contributed by atoms with Crippen molar-refractivity contribution >= 4 is 23.4 Å². The van der Waals surface area contributed by atoms with Crippen LogP contribution in [0.2, 0.25) is 0 Å². The number of rotatable bonds is 3. The van der Waals surface area contributed by atoms with Crippen LogP contribution >= 0.6 is 0 Å². The van der Waals surface area contributed by atoms with Gasteiger partial charge in [0.2, 0.25) is 5.91 Å². The van der Waals surface area contributed by atoms with E-state index in [-0.39, 0.29) is 43.7 Å². The number of hydrogen-bond donors (Lipinski definition) is 2. The number of halogens is 1. The number of amides is 3. The number of piperidine rings is 1. The van der Waals surface area contributed by atoms with Crippen molar-refractivity contribution in [3.05, 3.63) is 83.2 Å². The summed E-state index contributed by atoms with van der Waals surface area (Å²) in [4.78, 5) is 43.4. The summed E-state index contributed by atoms with van der Waals surface area (Å²) in [5.41, 5.74) is 2.95. The van der Waals surface area contributed by atoms with Gasteiger partial charge in [-0.25, -0.2) is 4.39 Å². The molecule has 3 aromatic rings. The molecule has 0 radical (unpaired) electrons. The Kier molecular flexibility index (Phi) is 10.1. The molecule has 12 heteroatoms. The van der Waals surface area contributed by atoms with Gasteiger partial charge in [-0.05, 0) is 66.1 Å². The molecule has 11 nitrogen and oxygen atoms in total. The van der Waals surface area contributed by atoms with Gasteiger partial charge in [-0.3, -0.25) is 14.4 Å². The molecule has 248 valence electrons. The van der Waals surface area contributed by atoms with E-state index in [0.717, 1.165) is 24.3 Å². The lowest BCUT2D eigenvalue weighted by atomic mass is 10.00. The van der Waals surface area contributed by atoms with Crippen LogP contribution in [0.1, 0.15) is 34.3 Å². The van der Waals surface area contributed by atoms with Gasteiger partial charge in [0.1, 0.15) is 17.7 Å². The monoisotopic (exact) mass is 646 g/mol. The number of benzene rings is 3. The average Bonchev–Trinajstić information content (AvgIpc) is 3.09. The van der Waals surface area contributed by atoms with Crippen molar-refractivity contribution in [2.24, 2.45) is 0 Å². The number of nitrogens with one attached hydrogen (secondary N) is 2. The van der Waals surface area contributed by atoms with Gasteiger partial charge in [0, 0.05) is 62.9 Å². The first-order chi connectivity index (χ1) is 22.8. The minimum atomic E-state index is -0.616. The van der Waals surface area contributed by atoms with Gasteiger partial charge in [-0.1, -0.05) is 6.07 Å². The molecule has 4 bridgehead atoms. The van der Waals surface area contributed by atoms with Crippen LogP contribution in [0.15, 0.2) is 60.7 Å². The Hall–Kier alpha value is -4.84. The maximum absolute atomic E-state index is 14.7. The second-order valence-corrected chi connectivity index (χ2v) is 11.9. The SMILES string of the molecule is COc1ccc2cc1OCC(=O)N[C@@H]1CN(C(=O)c3ccc(N4CCOCC4)cc3)CC[C@H]1Oc1cc(F)cc(c1)CNC(=O)CC2. The van der Waals surface area contributed by atoms with Gasteiger partial charge in [-0.15, -0.1) is 0 Å².